The number of ether oxygens (including phenoxy) is 2. The van der Waals surface area contributed by atoms with Crippen LogP contribution in [0.25, 0.3) is 0 Å². The van der Waals surface area contributed by atoms with Crippen molar-refractivity contribution < 1.29 is 32.1 Å². The molecule has 4 fully saturated rings. The van der Waals surface area contributed by atoms with E-state index < -0.39 is 29.4 Å². The summed E-state index contributed by atoms with van der Waals surface area (Å²) in [7, 11) is 0. The predicted octanol–water partition coefficient (Wildman–Crippen LogP) is 13.9. The molecular weight excluding hydrogens is 713 g/mol. The lowest BCUT2D eigenvalue weighted by molar-refractivity contribution is 0.142. The number of rotatable bonds is 18. The van der Waals surface area contributed by atoms with Crippen LogP contribution in [0.5, 0.6) is 11.5 Å². The number of hydrogen-bond acceptors (Lipinski definition) is 3. The summed E-state index contributed by atoms with van der Waals surface area (Å²) in [4.78, 5) is 0. The molecule has 0 spiro atoms. The Labute approximate surface area is 334 Å². The first-order valence-corrected chi connectivity index (χ1v) is 22.4. The number of hydrogen-bond donors (Lipinski definition) is 1. The summed E-state index contributed by atoms with van der Waals surface area (Å²) < 4.78 is 71.7. The molecule has 4 saturated carbocycles. The van der Waals surface area contributed by atoms with Gasteiger partial charge in [-0.15, -0.1) is 13.2 Å². The van der Waals surface area contributed by atoms with Gasteiger partial charge in [0.25, 0.3) is 0 Å². The molecule has 2 aromatic rings. The first kappa shape index (κ1) is 42.8. The van der Waals surface area contributed by atoms with Gasteiger partial charge < -0.3 is 14.6 Å². The first-order valence-electron chi connectivity index (χ1n) is 22.4. The van der Waals surface area contributed by atoms with Crippen molar-refractivity contribution in [3.8, 4) is 11.5 Å². The fraction of sp³-hybridized carbons (Fsp3) is 0.673. The Morgan fingerprint density at radius 3 is 1.18 bits per heavy atom. The van der Waals surface area contributed by atoms with Gasteiger partial charge in [-0.1, -0.05) is 24.3 Å². The van der Waals surface area contributed by atoms with Crippen LogP contribution in [0.1, 0.15) is 164 Å². The van der Waals surface area contributed by atoms with Crippen LogP contribution in [0.3, 0.4) is 0 Å². The van der Waals surface area contributed by atoms with Crippen LogP contribution in [0, 0.1) is 58.8 Å². The fourth-order valence-corrected chi connectivity index (χ4v) is 10.9. The van der Waals surface area contributed by atoms with Gasteiger partial charge in [0.2, 0.25) is 11.6 Å². The summed E-state index contributed by atoms with van der Waals surface area (Å²) in [5.74, 6) is 0.903. The zero-order chi connectivity index (χ0) is 39.4. The number of allylic oxidation sites excluding steroid dienone is 2. The zero-order valence-electron chi connectivity index (χ0n) is 33.8. The highest BCUT2D eigenvalue weighted by atomic mass is 19.2. The van der Waals surface area contributed by atoms with E-state index in [1.807, 2.05) is 0 Å². The van der Waals surface area contributed by atoms with Crippen LogP contribution in [0.2, 0.25) is 0 Å². The molecule has 0 atom stereocenters. The number of halogens is 4. The minimum Gasteiger partial charge on any atom is -0.490 e. The van der Waals surface area contributed by atoms with Crippen molar-refractivity contribution in [1.29, 1.82) is 0 Å². The van der Waals surface area contributed by atoms with Crippen molar-refractivity contribution in [2.24, 2.45) is 35.5 Å². The molecule has 0 heterocycles. The molecule has 6 rings (SSSR count). The van der Waals surface area contributed by atoms with E-state index in [2.05, 4.69) is 25.3 Å². The highest BCUT2D eigenvalue weighted by Crippen LogP contribution is 2.46. The molecular formula is C49H68F4O3. The second-order valence-electron chi connectivity index (χ2n) is 17.9. The Morgan fingerprint density at radius 2 is 0.839 bits per heavy atom. The third-order valence-electron chi connectivity index (χ3n) is 14.6. The van der Waals surface area contributed by atoms with Gasteiger partial charge in [0.1, 0.15) is 0 Å². The van der Waals surface area contributed by atoms with Crippen LogP contribution < -0.4 is 9.47 Å². The van der Waals surface area contributed by atoms with Crippen molar-refractivity contribution >= 4 is 0 Å². The van der Waals surface area contributed by atoms with Crippen LogP contribution in [0.15, 0.2) is 49.6 Å². The zero-order valence-corrected chi connectivity index (χ0v) is 33.8. The molecule has 7 heteroatoms. The molecule has 0 saturated heterocycles. The molecule has 310 valence electrons. The van der Waals surface area contributed by atoms with Crippen molar-refractivity contribution in [2.45, 2.75) is 159 Å². The topological polar surface area (TPSA) is 38.7 Å². The Kier molecular flexibility index (Phi) is 16.3. The normalized spacial score (nSPS) is 29.0. The number of aliphatic hydroxyl groups is 1. The summed E-state index contributed by atoms with van der Waals surface area (Å²) in [6, 6.07) is 6.57. The van der Waals surface area contributed by atoms with E-state index in [9.17, 15) is 5.11 Å². The highest BCUT2D eigenvalue weighted by Gasteiger charge is 2.34. The number of benzene rings is 2. The Morgan fingerprint density at radius 1 is 0.500 bits per heavy atom. The maximum absolute atomic E-state index is 15.2. The van der Waals surface area contributed by atoms with E-state index in [1.54, 1.807) is 24.3 Å². The lowest BCUT2D eigenvalue weighted by Gasteiger charge is -2.37. The first-order chi connectivity index (χ1) is 27.2. The lowest BCUT2D eigenvalue weighted by Crippen LogP contribution is -2.25. The monoisotopic (exact) mass is 781 g/mol. The second kappa shape index (κ2) is 21.3. The van der Waals surface area contributed by atoms with Crippen molar-refractivity contribution in [1.82, 2.24) is 0 Å². The van der Waals surface area contributed by atoms with E-state index >= 15 is 17.6 Å². The molecule has 0 unspecified atom stereocenters. The summed E-state index contributed by atoms with van der Waals surface area (Å²) in [5.41, 5.74) is 0.958. The van der Waals surface area contributed by atoms with E-state index in [1.165, 1.54) is 51.4 Å². The molecule has 0 bridgehead atoms. The number of aliphatic hydroxyl groups excluding tert-OH is 1. The smallest absolute Gasteiger partial charge is 0.200 e. The van der Waals surface area contributed by atoms with Gasteiger partial charge >= 0.3 is 0 Å². The summed E-state index contributed by atoms with van der Waals surface area (Å²) in [5, 5.41) is 10.5. The third kappa shape index (κ3) is 11.2. The van der Waals surface area contributed by atoms with Gasteiger partial charge in [0.15, 0.2) is 23.1 Å². The molecule has 4 aliphatic rings. The van der Waals surface area contributed by atoms with Crippen LogP contribution in [0.4, 0.5) is 17.6 Å². The van der Waals surface area contributed by atoms with Gasteiger partial charge in [-0.05, 0) is 212 Å². The Hall–Kier alpha value is -2.80. The van der Waals surface area contributed by atoms with Crippen molar-refractivity contribution in [2.75, 3.05) is 13.2 Å². The van der Waals surface area contributed by atoms with Gasteiger partial charge in [-0.3, -0.25) is 0 Å². The van der Waals surface area contributed by atoms with Gasteiger partial charge in [-0.2, -0.15) is 8.78 Å². The summed E-state index contributed by atoms with van der Waals surface area (Å²) >= 11 is 0. The third-order valence-corrected chi connectivity index (χ3v) is 14.6. The Bertz CT molecular complexity index is 1410. The van der Waals surface area contributed by atoms with E-state index in [4.69, 9.17) is 9.47 Å². The quantitative estimate of drug-likeness (QED) is 0.0930. The average Bonchev–Trinajstić information content (AvgIpc) is 3.24. The maximum Gasteiger partial charge on any atom is 0.200 e. The van der Waals surface area contributed by atoms with Crippen molar-refractivity contribution in [3.63, 3.8) is 0 Å². The molecule has 4 aliphatic carbocycles. The molecule has 3 nitrogen and oxygen atoms in total. The molecule has 0 amide bonds. The van der Waals surface area contributed by atoms with Crippen molar-refractivity contribution in [3.05, 3.63) is 84.0 Å². The van der Waals surface area contributed by atoms with Gasteiger partial charge in [0.05, 0.1) is 19.3 Å². The largest absolute Gasteiger partial charge is 0.490 e. The van der Waals surface area contributed by atoms with Crippen LogP contribution in [-0.2, 0) is 0 Å². The molecule has 0 aromatic heterocycles. The summed E-state index contributed by atoms with van der Waals surface area (Å²) in [6.45, 7) is 8.40. The van der Waals surface area contributed by atoms with E-state index in [-0.39, 0.29) is 36.5 Å². The molecule has 2 aromatic carbocycles. The van der Waals surface area contributed by atoms with Crippen LogP contribution in [-0.4, -0.2) is 24.4 Å². The average molecular weight is 781 g/mol. The predicted molar refractivity (Wildman–Crippen MR) is 218 cm³/mol. The fourth-order valence-electron chi connectivity index (χ4n) is 10.9. The SMILES string of the molecule is C=CC1CCC(C2CCC(c3ccc(OCCCCC(O)CCCCOc4ccc(C5CCC(C6CCC(C=C)CC6)CC5)c(F)c4F)c(F)c3F)CC2)CC1. The molecule has 1 N–H and O–H groups in total. The molecule has 56 heavy (non-hydrogen) atoms. The van der Waals surface area contributed by atoms with Crippen LogP contribution >= 0.6 is 0 Å². The van der Waals surface area contributed by atoms with Gasteiger partial charge in [0, 0.05) is 0 Å². The highest BCUT2D eigenvalue weighted by molar-refractivity contribution is 5.34. The molecule has 0 radical (unpaired) electrons. The van der Waals surface area contributed by atoms with E-state index in [0.29, 0.717) is 73.3 Å². The lowest BCUT2D eigenvalue weighted by atomic mass is 9.68. The minimum atomic E-state index is -0.900. The Balaban J connectivity index is 0.820. The van der Waals surface area contributed by atoms with Gasteiger partial charge in [-0.25, -0.2) is 8.78 Å². The van der Waals surface area contributed by atoms with E-state index in [0.717, 1.165) is 63.2 Å². The maximum atomic E-state index is 15.2. The second-order valence-corrected chi connectivity index (χ2v) is 17.9. The summed E-state index contributed by atoms with van der Waals surface area (Å²) in [6.07, 6.45) is 25.4. The number of unbranched alkanes of at least 4 members (excludes halogenated alkanes) is 2. The molecule has 0 aliphatic heterocycles. The minimum absolute atomic E-state index is 0.0509. The standard InChI is InChI=1S/C49H68F4O3/c1-3-33-11-15-35(16-12-33)37-19-23-39(24-20-37)42-27-29-44(48(52)46(42)50)55-31-7-5-9-41(54)10-6-8-32-56-45-30-28-43(47(51)49(45)53)40-25-21-38(22-26-40)36-17-13-34(4-2)14-18-36/h3-4,27-30,33-41,54H,1-2,5-26,31-32H2.